The zero-order chi connectivity index (χ0) is 24.1. The molecule has 0 bridgehead atoms. The average Bonchev–Trinajstić information content (AvgIpc) is 3.54. The Morgan fingerprint density at radius 2 is 1.97 bits per heavy atom. The summed E-state index contributed by atoms with van der Waals surface area (Å²) in [6, 6.07) is 11.3. The third-order valence-electron chi connectivity index (χ3n) is 6.21. The minimum atomic E-state index is -0.321. The van der Waals surface area contributed by atoms with Gasteiger partial charge in [0, 0.05) is 18.0 Å². The van der Waals surface area contributed by atoms with Gasteiger partial charge in [0.05, 0.1) is 10.9 Å². The normalized spacial score (nSPS) is 16.1. The average molecular weight is 501 g/mol. The lowest BCUT2D eigenvalue weighted by atomic mass is 10.00. The van der Waals surface area contributed by atoms with Gasteiger partial charge in [-0.2, -0.15) is 0 Å². The first kappa shape index (κ1) is 24.4. The topological polar surface area (TPSA) is 49.9 Å². The SMILES string of the molecule is CCC(C)CN(CC(=O)N1CCc2sccc2C1COc1ccc(F)cc1)C(=O)c1cccs1. The van der Waals surface area contributed by atoms with Crippen LogP contribution in [0.3, 0.4) is 0 Å². The van der Waals surface area contributed by atoms with Crippen LogP contribution >= 0.6 is 22.7 Å². The molecule has 1 aliphatic heterocycles. The van der Waals surface area contributed by atoms with Crippen LogP contribution in [0.1, 0.15) is 46.4 Å². The van der Waals surface area contributed by atoms with Gasteiger partial charge in [0.2, 0.25) is 5.91 Å². The third kappa shape index (κ3) is 5.67. The van der Waals surface area contributed by atoms with Crippen LogP contribution < -0.4 is 4.74 Å². The number of hydrogen-bond acceptors (Lipinski definition) is 5. The van der Waals surface area contributed by atoms with Crippen LogP contribution in [-0.2, 0) is 11.2 Å². The fourth-order valence-corrected chi connectivity index (χ4v) is 5.73. The summed E-state index contributed by atoms with van der Waals surface area (Å²) in [5.74, 6) is 0.342. The van der Waals surface area contributed by atoms with E-state index in [-0.39, 0.29) is 36.8 Å². The molecule has 0 radical (unpaired) electrons. The molecule has 8 heteroatoms. The summed E-state index contributed by atoms with van der Waals surface area (Å²) in [6.45, 7) is 5.60. The number of ether oxygens (including phenoxy) is 1. The van der Waals surface area contributed by atoms with E-state index in [0.717, 1.165) is 18.4 Å². The molecule has 0 saturated carbocycles. The van der Waals surface area contributed by atoms with Gasteiger partial charge in [0.15, 0.2) is 0 Å². The number of halogens is 1. The lowest BCUT2D eigenvalue weighted by Gasteiger charge is -2.37. The van der Waals surface area contributed by atoms with E-state index in [1.54, 1.807) is 34.4 Å². The highest BCUT2D eigenvalue weighted by molar-refractivity contribution is 7.12. The maximum absolute atomic E-state index is 13.6. The van der Waals surface area contributed by atoms with E-state index >= 15 is 0 Å². The van der Waals surface area contributed by atoms with Gasteiger partial charge in [0.1, 0.15) is 24.7 Å². The Morgan fingerprint density at radius 1 is 1.18 bits per heavy atom. The van der Waals surface area contributed by atoms with E-state index in [0.29, 0.717) is 29.6 Å². The Labute approximate surface area is 207 Å². The molecule has 0 N–H and O–H groups in total. The molecule has 2 unspecified atom stereocenters. The van der Waals surface area contributed by atoms with Gasteiger partial charge >= 0.3 is 0 Å². The Balaban J connectivity index is 1.52. The summed E-state index contributed by atoms with van der Waals surface area (Å²) < 4.78 is 19.2. The van der Waals surface area contributed by atoms with Crippen LogP contribution in [0.5, 0.6) is 5.75 Å². The summed E-state index contributed by atoms with van der Waals surface area (Å²) in [5, 5.41) is 3.92. The second kappa shape index (κ2) is 11.1. The maximum atomic E-state index is 13.6. The molecule has 4 rings (SSSR count). The number of benzene rings is 1. The molecule has 0 aliphatic carbocycles. The molecule has 180 valence electrons. The van der Waals surface area contributed by atoms with Crippen LogP contribution in [0.25, 0.3) is 0 Å². The molecule has 2 aromatic heterocycles. The van der Waals surface area contributed by atoms with Crippen molar-refractivity contribution in [1.82, 2.24) is 9.80 Å². The number of rotatable bonds is 9. The quantitative estimate of drug-likeness (QED) is 0.382. The van der Waals surface area contributed by atoms with Crippen molar-refractivity contribution in [3.63, 3.8) is 0 Å². The van der Waals surface area contributed by atoms with Gasteiger partial charge in [-0.3, -0.25) is 9.59 Å². The van der Waals surface area contributed by atoms with E-state index in [2.05, 4.69) is 13.8 Å². The molecule has 0 spiro atoms. The molecule has 34 heavy (non-hydrogen) atoms. The Hall–Kier alpha value is -2.71. The first-order valence-corrected chi connectivity index (χ1v) is 13.3. The molecule has 2 amide bonds. The smallest absolute Gasteiger partial charge is 0.264 e. The summed E-state index contributed by atoms with van der Waals surface area (Å²) in [5.41, 5.74) is 1.09. The summed E-state index contributed by atoms with van der Waals surface area (Å²) in [7, 11) is 0. The number of fused-ring (bicyclic) bond motifs is 1. The molecule has 3 aromatic rings. The summed E-state index contributed by atoms with van der Waals surface area (Å²) >= 11 is 3.08. The van der Waals surface area contributed by atoms with Crippen LogP contribution in [0.15, 0.2) is 53.2 Å². The highest BCUT2D eigenvalue weighted by atomic mass is 32.1. The van der Waals surface area contributed by atoms with E-state index in [9.17, 15) is 14.0 Å². The van der Waals surface area contributed by atoms with Gasteiger partial charge in [0.25, 0.3) is 5.91 Å². The fraction of sp³-hybridized carbons (Fsp3) is 0.385. The molecule has 0 saturated heterocycles. The third-order valence-corrected chi connectivity index (χ3v) is 8.07. The number of thiophene rings is 2. The molecule has 3 heterocycles. The monoisotopic (exact) mass is 500 g/mol. The minimum absolute atomic E-state index is 0.0353. The zero-order valence-corrected chi connectivity index (χ0v) is 21.0. The van der Waals surface area contributed by atoms with Gasteiger partial charge < -0.3 is 14.5 Å². The number of carbonyl (C=O) groups is 2. The molecule has 1 aromatic carbocycles. The lowest BCUT2D eigenvalue weighted by molar-refractivity contribution is -0.135. The van der Waals surface area contributed by atoms with E-state index in [1.165, 1.54) is 28.3 Å². The van der Waals surface area contributed by atoms with Gasteiger partial charge in [-0.05, 0) is 65.1 Å². The molecule has 5 nitrogen and oxygen atoms in total. The number of carbonyl (C=O) groups excluding carboxylic acids is 2. The molecular formula is C26H29FN2O3S2. The number of hydrogen-bond donors (Lipinski definition) is 0. The summed E-state index contributed by atoms with van der Waals surface area (Å²) in [4.78, 5) is 32.2. The molecule has 0 fully saturated rings. The minimum Gasteiger partial charge on any atom is -0.491 e. The zero-order valence-electron chi connectivity index (χ0n) is 19.4. The van der Waals surface area contributed by atoms with Crippen molar-refractivity contribution in [1.29, 1.82) is 0 Å². The van der Waals surface area contributed by atoms with Gasteiger partial charge in [-0.25, -0.2) is 4.39 Å². The first-order chi connectivity index (χ1) is 16.5. The van der Waals surface area contributed by atoms with Crippen molar-refractivity contribution >= 4 is 34.5 Å². The van der Waals surface area contributed by atoms with Gasteiger partial charge in [-0.1, -0.05) is 26.3 Å². The Bertz CT molecular complexity index is 1100. The van der Waals surface area contributed by atoms with E-state index in [4.69, 9.17) is 4.74 Å². The predicted octanol–water partition coefficient (Wildman–Crippen LogP) is 5.64. The van der Waals surface area contributed by atoms with Crippen LogP contribution in [0.2, 0.25) is 0 Å². The van der Waals surface area contributed by atoms with Crippen molar-refractivity contribution in [2.45, 2.75) is 32.7 Å². The highest BCUT2D eigenvalue weighted by Crippen LogP contribution is 2.34. The highest BCUT2D eigenvalue weighted by Gasteiger charge is 2.34. The first-order valence-electron chi connectivity index (χ1n) is 11.5. The van der Waals surface area contributed by atoms with E-state index < -0.39 is 0 Å². The lowest BCUT2D eigenvalue weighted by Crippen LogP contribution is -2.48. The van der Waals surface area contributed by atoms with Crippen LogP contribution in [-0.4, -0.2) is 47.9 Å². The second-order valence-corrected chi connectivity index (χ2v) is 10.5. The predicted molar refractivity (Wildman–Crippen MR) is 134 cm³/mol. The maximum Gasteiger partial charge on any atom is 0.264 e. The largest absolute Gasteiger partial charge is 0.491 e. The molecule has 2 atom stereocenters. The fourth-order valence-electron chi connectivity index (χ4n) is 4.12. The van der Waals surface area contributed by atoms with Crippen LogP contribution in [0, 0.1) is 11.7 Å². The van der Waals surface area contributed by atoms with Crippen molar-refractivity contribution < 1.29 is 18.7 Å². The van der Waals surface area contributed by atoms with Crippen molar-refractivity contribution in [2.75, 3.05) is 26.2 Å². The standard InChI is InChI=1S/C26H29FN2O3S2/c1-3-18(2)15-28(26(31)24-5-4-13-33-24)16-25(30)29-12-10-23-21(11-14-34-23)22(29)17-32-20-8-6-19(27)7-9-20/h4-9,11,13-14,18,22H,3,10,12,15-17H2,1-2H3. The van der Waals surface area contributed by atoms with Crippen LogP contribution in [0.4, 0.5) is 4.39 Å². The van der Waals surface area contributed by atoms with Crippen molar-refractivity contribution in [3.05, 3.63) is 74.4 Å². The molecular weight excluding hydrogens is 471 g/mol. The Morgan fingerprint density at radius 3 is 2.68 bits per heavy atom. The number of amides is 2. The van der Waals surface area contributed by atoms with Crippen molar-refractivity contribution in [3.8, 4) is 5.75 Å². The molecule has 1 aliphatic rings. The van der Waals surface area contributed by atoms with E-state index in [1.807, 2.05) is 27.8 Å². The van der Waals surface area contributed by atoms with Crippen molar-refractivity contribution in [2.24, 2.45) is 5.92 Å². The number of nitrogens with zero attached hydrogens (tertiary/aromatic N) is 2. The Kier molecular flexibility index (Phi) is 8.00. The van der Waals surface area contributed by atoms with Gasteiger partial charge in [-0.15, -0.1) is 22.7 Å². The second-order valence-electron chi connectivity index (χ2n) is 8.59. The summed E-state index contributed by atoms with van der Waals surface area (Å²) in [6.07, 6.45) is 1.72.